The molecular weight excluding hydrogens is 360 g/mol. The summed E-state index contributed by atoms with van der Waals surface area (Å²) in [6.07, 6.45) is 1.68. The van der Waals surface area contributed by atoms with Crippen LogP contribution in [0, 0.1) is 0 Å². The lowest BCUT2D eigenvalue weighted by Gasteiger charge is -2.10. The molecular formula is C20H16N4O2S. The molecule has 0 N–H and O–H groups in total. The van der Waals surface area contributed by atoms with E-state index in [0.29, 0.717) is 40.1 Å². The van der Waals surface area contributed by atoms with Gasteiger partial charge in [-0.3, -0.25) is 9.36 Å². The Morgan fingerprint density at radius 2 is 1.85 bits per heavy atom. The van der Waals surface area contributed by atoms with Crippen LogP contribution in [-0.2, 0) is 12.3 Å². The number of allylic oxidation sites excluding steroid dienone is 1. The number of fused-ring (bicyclic) bond motifs is 1. The summed E-state index contributed by atoms with van der Waals surface area (Å²) >= 11 is 1.39. The van der Waals surface area contributed by atoms with Gasteiger partial charge in [0.2, 0.25) is 11.8 Å². The first-order valence-electron chi connectivity index (χ1n) is 8.37. The topological polar surface area (TPSA) is 73.8 Å². The fourth-order valence-corrected chi connectivity index (χ4v) is 3.53. The van der Waals surface area contributed by atoms with Gasteiger partial charge in [-0.1, -0.05) is 48.2 Å². The van der Waals surface area contributed by atoms with E-state index < -0.39 is 0 Å². The van der Waals surface area contributed by atoms with E-state index in [9.17, 15) is 4.79 Å². The molecule has 2 aromatic carbocycles. The van der Waals surface area contributed by atoms with Crippen LogP contribution in [-0.4, -0.2) is 19.7 Å². The van der Waals surface area contributed by atoms with Gasteiger partial charge >= 0.3 is 0 Å². The van der Waals surface area contributed by atoms with Gasteiger partial charge in [0.1, 0.15) is 0 Å². The zero-order valence-electron chi connectivity index (χ0n) is 14.4. The SMILES string of the molecule is C=CCn1c(SCc2nnc(-c3ccccc3)o2)nc2ccccc2c1=O. The summed E-state index contributed by atoms with van der Waals surface area (Å²) < 4.78 is 7.34. The predicted molar refractivity (Wildman–Crippen MR) is 105 cm³/mol. The molecule has 4 rings (SSSR count). The van der Waals surface area contributed by atoms with Crippen LogP contribution >= 0.6 is 11.8 Å². The highest BCUT2D eigenvalue weighted by molar-refractivity contribution is 7.98. The summed E-state index contributed by atoms with van der Waals surface area (Å²) in [7, 11) is 0. The first-order valence-corrected chi connectivity index (χ1v) is 9.36. The summed E-state index contributed by atoms with van der Waals surface area (Å²) in [6.45, 7) is 4.12. The van der Waals surface area contributed by atoms with E-state index in [-0.39, 0.29) is 5.56 Å². The van der Waals surface area contributed by atoms with E-state index in [0.717, 1.165) is 5.56 Å². The molecule has 7 heteroatoms. The summed E-state index contributed by atoms with van der Waals surface area (Å²) in [5.41, 5.74) is 1.45. The molecule has 0 saturated carbocycles. The summed E-state index contributed by atoms with van der Waals surface area (Å²) in [6, 6.07) is 16.9. The maximum Gasteiger partial charge on any atom is 0.262 e. The van der Waals surface area contributed by atoms with E-state index in [1.807, 2.05) is 48.5 Å². The molecule has 0 bridgehead atoms. The van der Waals surface area contributed by atoms with Crippen LogP contribution in [0.3, 0.4) is 0 Å². The molecule has 0 unspecified atom stereocenters. The molecule has 6 nitrogen and oxygen atoms in total. The zero-order valence-corrected chi connectivity index (χ0v) is 15.2. The fraction of sp³-hybridized carbons (Fsp3) is 0.100. The molecule has 134 valence electrons. The number of aromatic nitrogens is 4. The molecule has 0 atom stereocenters. The zero-order chi connectivity index (χ0) is 18.6. The van der Waals surface area contributed by atoms with Crippen molar-refractivity contribution in [1.29, 1.82) is 0 Å². The van der Waals surface area contributed by atoms with E-state index >= 15 is 0 Å². The smallest absolute Gasteiger partial charge is 0.262 e. The molecule has 27 heavy (non-hydrogen) atoms. The first-order chi connectivity index (χ1) is 13.3. The molecule has 0 aliphatic heterocycles. The first kappa shape index (κ1) is 17.2. The number of hydrogen-bond acceptors (Lipinski definition) is 6. The Hall–Kier alpha value is -3.19. The molecule has 0 fully saturated rings. The maximum absolute atomic E-state index is 12.8. The van der Waals surface area contributed by atoms with Crippen LogP contribution in [0.1, 0.15) is 5.89 Å². The van der Waals surface area contributed by atoms with Crippen LogP contribution in [0.5, 0.6) is 0 Å². The monoisotopic (exact) mass is 376 g/mol. The molecule has 0 saturated heterocycles. The number of benzene rings is 2. The Balaban J connectivity index is 1.62. The van der Waals surface area contributed by atoms with Gasteiger partial charge < -0.3 is 4.42 Å². The van der Waals surface area contributed by atoms with Gasteiger partial charge in [-0.15, -0.1) is 16.8 Å². The van der Waals surface area contributed by atoms with Gasteiger partial charge in [0.05, 0.1) is 16.7 Å². The number of nitrogens with zero attached hydrogens (tertiary/aromatic N) is 4. The van der Waals surface area contributed by atoms with Crippen molar-refractivity contribution in [2.45, 2.75) is 17.5 Å². The molecule has 0 aliphatic rings. The van der Waals surface area contributed by atoms with Gasteiger partial charge in [-0.05, 0) is 24.3 Å². The minimum atomic E-state index is -0.0847. The Kier molecular flexibility index (Phi) is 4.84. The van der Waals surface area contributed by atoms with Crippen molar-refractivity contribution < 1.29 is 4.42 Å². The molecule has 0 radical (unpaired) electrons. The fourth-order valence-electron chi connectivity index (χ4n) is 2.68. The number of para-hydroxylation sites is 1. The van der Waals surface area contributed by atoms with Crippen molar-refractivity contribution in [3.63, 3.8) is 0 Å². The standard InChI is InChI=1S/C20H16N4O2S/c1-2-12-24-19(25)15-10-6-7-11-16(15)21-20(24)27-13-17-22-23-18(26-17)14-8-4-3-5-9-14/h2-11H,1,12-13H2. The number of thioether (sulfide) groups is 1. The minimum absolute atomic E-state index is 0.0847. The Bertz CT molecular complexity index is 1150. The number of rotatable bonds is 6. The molecule has 0 aliphatic carbocycles. The lowest BCUT2D eigenvalue weighted by molar-refractivity contribution is 0.528. The van der Waals surface area contributed by atoms with Crippen LogP contribution in [0.2, 0.25) is 0 Å². The highest BCUT2D eigenvalue weighted by Gasteiger charge is 2.13. The van der Waals surface area contributed by atoms with E-state index in [4.69, 9.17) is 4.42 Å². The summed E-state index contributed by atoms with van der Waals surface area (Å²) in [4.78, 5) is 17.4. The predicted octanol–water partition coefficient (Wildman–Crippen LogP) is 3.92. The third kappa shape index (κ3) is 3.54. The molecule has 0 spiro atoms. The second-order valence-electron chi connectivity index (χ2n) is 5.77. The quantitative estimate of drug-likeness (QED) is 0.288. The third-order valence-electron chi connectivity index (χ3n) is 3.95. The minimum Gasteiger partial charge on any atom is -0.420 e. The van der Waals surface area contributed by atoms with E-state index in [2.05, 4.69) is 21.8 Å². The largest absolute Gasteiger partial charge is 0.420 e. The summed E-state index contributed by atoms with van der Waals surface area (Å²) in [5, 5.41) is 9.37. The van der Waals surface area contributed by atoms with Crippen molar-refractivity contribution in [1.82, 2.24) is 19.7 Å². The van der Waals surface area contributed by atoms with Gasteiger partial charge in [-0.25, -0.2) is 4.98 Å². The molecule has 2 heterocycles. The Morgan fingerprint density at radius 3 is 2.67 bits per heavy atom. The Morgan fingerprint density at radius 1 is 1.07 bits per heavy atom. The molecule has 2 aromatic heterocycles. The summed E-state index contributed by atoms with van der Waals surface area (Å²) in [5.74, 6) is 1.37. The van der Waals surface area contributed by atoms with E-state index in [1.165, 1.54) is 11.8 Å². The average Bonchev–Trinajstić information content (AvgIpc) is 3.19. The number of hydrogen-bond donors (Lipinski definition) is 0. The van der Waals surface area contributed by atoms with Gasteiger partial charge in [0.25, 0.3) is 5.56 Å². The highest BCUT2D eigenvalue weighted by Crippen LogP contribution is 2.24. The van der Waals surface area contributed by atoms with E-state index in [1.54, 1.807) is 16.7 Å². The molecule has 4 aromatic rings. The van der Waals surface area contributed by atoms with Gasteiger partial charge in [0.15, 0.2) is 5.16 Å². The van der Waals surface area contributed by atoms with Crippen LogP contribution in [0.25, 0.3) is 22.4 Å². The van der Waals surface area contributed by atoms with Crippen molar-refractivity contribution in [3.05, 3.63) is 83.5 Å². The van der Waals surface area contributed by atoms with Crippen molar-refractivity contribution in [2.75, 3.05) is 0 Å². The maximum atomic E-state index is 12.8. The van der Waals surface area contributed by atoms with Crippen molar-refractivity contribution >= 4 is 22.7 Å². The third-order valence-corrected chi connectivity index (χ3v) is 4.91. The second-order valence-corrected chi connectivity index (χ2v) is 6.71. The second kappa shape index (κ2) is 7.59. The Labute approximate surface area is 159 Å². The lowest BCUT2D eigenvalue weighted by Crippen LogP contribution is -2.22. The van der Waals surface area contributed by atoms with Crippen molar-refractivity contribution in [3.8, 4) is 11.5 Å². The van der Waals surface area contributed by atoms with Crippen molar-refractivity contribution in [2.24, 2.45) is 0 Å². The van der Waals surface area contributed by atoms with Crippen LogP contribution in [0.4, 0.5) is 0 Å². The highest BCUT2D eigenvalue weighted by atomic mass is 32.2. The van der Waals surface area contributed by atoms with Gasteiger partial charge in [0, 0.05) is 12.1 Å². The van der Waals surface area contributed by atoms with Crippen LogP contribution < -0.4 is 5.56 Å². The average molecular weight is 376 g/mol. The lowest BCUT2D eigenvalue weighted by atomic mass is 10.2. The molecule has 0 amide bonds. The van der Waals surface area contributed by atoms with Crippen LogP contribution in [0.15, 0.2) is 81.6 Å². The normalized spacial score (nSPS) is 11.0. The van der Waals surface area contributed by atoms with Gasteiger partial charge in [-0.2, -0.15) is 0 Å².